The summed E-state index contributed by atoms with van der Waals surface area (Å²) in [4.78, 5) is 9.87. The summed E-state index contributed by atoms with van der Waals surface area (Å²) in [7, 11) is -4.04. The van der Waals surface area contributed by atoms with Crippen molar-refractivity contribution in [3.63, 3.8) is 0 Å². The number of hydrogen-bond acceptors (Lipinski definition) is 3. The zero-order valence-electron chi connectivity index (χ0n) is 11.2. The summed E-state index contributed by atoms with van der Waals surface area (Å²) >= 11 is 0. The first kappa shape index (κ1) is 16.6. The minimum atomic E-state index is -4.04. The van der Waals surface area contributed by atoms with Crippen LogP contribution < -0.4 is 0 Å². The average molecular weight is 306 g/mol. The summed E-state index contributed by atoms with van der Waals surface area (Å²) in [5.41, 5.74) is -0.591. The second kappa shape index (κ2) is 6.30. The Morgan fingerprint density at radius 2 is 1.90 bits per heavy atom. The van der Waals surface area contributed by atoms with Crippen LogP contribution in [-0.2, 0) is 9.84 Å². The largest absolute Gasteiger partial charge is 0.478 e. The highest BCUT2D eigenvalue weighted by atomic mass is 32.2. The Morgan fingerprint density at radius 1 is 1.30 bits per heavy atom. The second-order valence-corrected chi connectivity index (χ2v) is 7.01. The highest BCUT2D eigenvalue weighted by molar-refractivity contribution is 7.91. The quantitative estimate of drug-likeness (QED) is 0.877. The Hall–Kier alpha value is -1.50. The lowest BCUT2D eigenvalue weighted by Gasteiger charge is -2.08. The van der Waals surface area contributed by atoms with Gasteiger partial charge in [0, 0.05) is 0 Å². The third-order valence-corrected chi connectivity index (χ3v) is 4.56. The number of carboxylic acid groups (broad SMARTS) is 1. The molecule has 0 atom stereocenters. The van der Waals surface area contributed by atoms with Gasteiger partial charge in [0.2, 0.25) is 0 Å². The molecule has 0 unspecified atom stereocenters. The molecule has 0 aliphatic heterocycles. The highest BCUT2D eigenvalue weighted by Crippen LogP contribution is 2.22. The predicted molar refractivity (Wildman–Crippen MR) is 69.4 cm³/mol. The van der Waals surface area contributed by atoms with E-state index in [0.29, 0.717) is 25.0 Å². The normalized spacial score (nSPS) is 11.8. The van der Waals surface area contributed by atoms with Crippen LogP contribution in [0.15, 0.2) is 17.0 Å². The van der Waals surface area contributed by atoms with Gasteiger partial charge in [-0.1, -0.05) is 13.8 Å². The fourth-order valence-electron chi connectivity index (χ4n) is 1.71. The van der Waals surface area contributed by atoms with Gasteiger partial charge in [0.25, 0.3) is 0 Å². The van der Waals surface area contributed by atoms with Gasteiger partial charge in [-0.05, 0) is 30.9 Å². The molecule has 1 aromatic carbocycles. The first-order valence-electron chi connectivity index (χ1n) is 6.10. The first-order chi connectivity index (χ1) is 9.15. The maximum absolute atomic E-state index is 13.6. The molecule has 1 N–H and O–H groups in total. The predicted octanol–water partition coefficient (Wildman–Crippen LogP) is 2.87. The molecular weight excluding hydrogens is 290 g/mol. The lowest BCUT2D eigenvalue weighted by molar-refractivity contribution is 0.0696. The summed E-state index contributed by atoms with van der Waals surface area (Å²) in [6, 6.07) is 1.12. The van der Waals surface area contributed by atoms with Crippen molar-refractivity contribution in [2.24, 2.45) is 5.92 Å². The van der Waals surface area contributed by atoms with Crippen LogP contribution in [0, 0.1) is 17.6 Å². The van der Waals surface area contributed by atoms with Crippen molar-refractivity contribution in [3.8, 4) is 0 Å². The molecule has 1 aromatic rings. The molecule has 0 fully saturated rings. The SMILES string of the molecule is CC(C)CCCS(=O)(=O)c1cc(C(=O)O)cc(F)c1F. The Labute approximate surface area is 116 Å². The molecule has 0 amide bonds. The number of rotatable bonds is 6. The molecule has 0 bridgehead atoms. The average Bonchev–Trinajstić information content (AvgIpc) is 2.31. The van der Waals surface area contributed by atoms with Gasteiger partial charge in [-0.3, -0.25) is 0 Å². The number of carboxylic acids is 1. The lowest BCUT2D eigenvalue weighted by Crippen LogP contribution is -2.12. The smallest absolute Gasteiger partial charge is 0.335 e. The second-order valence-electron chi connectivity index (χ2n) is 4.93. The highest BCUT2D eigenvalue weighted by Gasteiger charge is 2.24. The van der Waals surface area contributed by atoms with Crippen molar-refractivity contribution in [1.82, 2.24) is 0 Å². The lowest BCUT2D eigenvalue weighted by atomic mass is 10.1. The van der Waals surface area contributed by atoms with Gasteiger partial charge in [-0.15, -0.1) is 0 Å². The van der Waals surface area contributed by atoms with Crippen LogP contribution in [0.2, 0.25) is 0 Å². The number of aromatic carboxylic acids is 1. The zero-order chi connectivity index (χ0) is 15.5. The third-order valence-electron chi connectivity index (χ3n) is 2.77. The van der Waals surface area contributed by atoms with Gasteiger partial charge in [0.05, 0.1) is 11.3 Å². The summed E-state index contributed by atoms with van der Waals surface area (Å²) in [6.45, 7) is 3.83. The molecule has 112 valence electrons. The van der Waals surface area contributed by atoms with E-state index < -0.39 is 37.9 Å². The van der Waals surface area contributed by atoms with E-state index in [-0.39, 0.29) is 11.7 Å². The molecule has 20 heavy (non-hydrogen) atoms. The summed E-state index contributed by atoms with van der Waals surface area (Å²) < 4.78 is 50.8. The van der Waals surface area contributed by atoms with Crippen LogP contribution in [0.25, 0.3) is 0 Å². The van der Waals surface area contributed by atoms with Gasteiger partial charge in [-0.25, -0.2) is 22.0 Å². The fraction of sp³-hybridized carbons (Fsp3) is 0.462. The van der Waals surface area contributed by atoms with Crippen LogP contribution >= 0.6 is 0 Å². The molecule has 0 aliphatic carbocycles. The summed E-state index contributed by atoms with van der Waals surface area (Å²) in [6.07, 6.45) is 0.931. The minimum absolute atomic E-state index is 0.289. The van der Waals surface area contributed by atoms with Crippen molar-refractivity contribution < 1.29 is 27.1 Å². The molecule has 7 heteroatoms. The monoisotopic (exact) mass is 306 g/mol. The number of benzene rings is 1. The van der Waals surface area contributed by atoms with Crippen LogP contribution in [0.5, 0.6) is 0 Å². The van der Waals surface area contributed by atoms with E-state index in [4.69, 9.17) is 5.11 Å². The summed E-state index contributed by atoms with van der Waals surface area (Å²) in [5.74, 6) is -4.57. The number of hydrogen-bond donors (Lipinski definition) is 1. The third kappa shape index (κ3) is 4.00. The topological polar surface area (TPSA) is 71.4 Å². The molecule has 1 rings (SSSR count). The summed E-state index contributed by atoms with van der Waals surface area (Å²) in [5, 5.41) is 8.76. The van der Waals surface area contributed by atoms with E-state index in [9.17, 15) is 22.0 Å². The maximum atomic E-state index is 13.6. The van der Waals surface area contributed by atoms with Crippen molar-refractivity contribution in [2.45, 2.75) is 31.6 Å². The van der Waals surface area contributed by atoms with E-state index in [1.54, 1.807) is 0 Å². The van der Waals surface area contributed by atoms with Crippen molar-refractivity contribution in [3.05, 3.63) is 29.3 Å². The van der Waals surface area contributed by atoms with E-state index >= 15 is 0 Å². The maximum Gasteiger partial charge on any atom is 0.335 e. The first-order valence-corrected chi connectivity index (χ1v) is 7.75. The molecule has 0 spiro atoms. The van der Waals surface area contributed by atoms with Crippen LogP contribution in [0.3, 0.4) is 0 Å². The van der Waals surface area contributed by atoms with Gasteiger partial charge in [-0.2, -0.15) is 0 Å². The Kier molecular flexibility index (Phi) is 5.21. The number of sulfone groups is 1. The Balaban J connectivity index is 3.14. The van der Waals surface area contributed by atoms with Crippen LogP contribution in [-0.4, -0.2) is 25.2 Å². The molecular formula is C13H16F2O4S. The number of carbonyl (C=O) groups is 1. The fourth-order valence-corrected chi connectivity index (χ4v) is 3.15. The van der Waals surface area contributed by atoms with E-state index in [2.05, 4.69) is 0 Å². The minimum Gasteiger partial charge on any atom is -0.478 e. The van der Waals surface area contributed by atoms with Gasteiger partial charge in [0.1, 0.15) is 4.90 Å². The number of halogens is 2. The van der Waals surface area contributed by atoms with E-state index in [0.717, 1.165) is 0 Å². The molecule has 0 aliphatic rings. The molecule has 0 saturated carbocycles. The molecule has 0 saturated heterocycles. The van der Waals surface area contributed by atoms with Crippen molar-refractivity contribution in [1.29, 1.82) is 0 Å². The molecule has 0 radical (unpaired) electrons. The van der Waals surface area contributed by atoms with Gasteiger partial charge in [0.15, 0.2) is 21.5 Å². The van der Waals surface area contributed by atoms with Gasteiger partial charge < -0.3 is 5.11 Å². The van der Waals surface area contributed by atoms with E-state index in [1.165, 1.54) is 0 Å². The Bertz CT molecular complexity index is 609. The standard InChI is InChI=1S/C13H16F2O4S/c1-8(2)4-3-5-20(18,19)11-7-9(13(16)17)6-10(14)12(11)15/h6-8H,3-5H2,1-2H3,(H,16,17). The van der Waals surface area contributed by atoms with Crippen LogP contribution in [0.1, 0.15) is 37.0 Å². The van der Waals surface area contributed by atoms with Gasteiger partial charge >= 0.3 is 5.97 Å². The van der Waals surface area contributed by atoms with Crippen molar-refractivity contribution in [2.75, 3.05) is 5.75 Å². The van der Waals surface area contributed by atoms with Crippen molar-refractivity contribution >= 4 is 15.8 Å². The molecule has 4 nitrogen and oxygen atoms in total. The van der Waals surface area contributed by atoms with E-state index in [1.807, 2.05) is 13.8 Å². The molecule has 0 aromatic heterocycles. The zero-order valence-corrected chi connectivity index (χ0v) is 12.0. The molecule has 0 heterocycles. The Morgan fingerprint density at radius 3 is 2.40 bits per heavy atom. The van der Waals surface area contributed by atoms with Crippen LogP contribution in [0.4, 0.5) is 8.78 Å².